The molecule has 23 heavy (non-hydrogen) atoms. The van der Waals surface area contributed by atoms with Gasteiger partial charge >= 0.3 is 0 Å². The molecular weight excluding hydrogens is 292 g/mol. The number of anilines is 2. The molecule has 0 unspecified atom stereocenters. The highest BCUT2D eigenvalue weighted by molar-refractivity contribution is 5.98. The van der Waals surface area contributed by atoms with Gasteiger partial charge in [0.05, 0.1) is 5.52 Å². The number of ether oxygens (including phenoxy) is 1. The summed E-state index contributed by atoms with van der Waals surface area (Å²) in [6.45, 7) is 2.76. The van der Waals surface area contributed by atoms with Crippen LogP contribution in [0, 0.1) is 0 Å². The second kappa shape index (κ2) is 6.12. The summed E-state index contributed by atoms with van der Waals surface area (Å²) in [7, 11) is 0. The molecule has 3 heterocycles. The molecule has 2 fully saturated rings. The van der Waals surface area contributed by atoms with Gasteiger partial charge in [-0.15, -0.1) is 0 Å². The van der Waals surface area contributed by atoms with Gasteiger partial charge in [0.25, 0.3) is 5.91 Å². The van der Waals surface area contributed by atoms with Crippen LogP contribution in [0.1, 0.15) is 25.7 Å². The van der Waals surface area contributed by atoms with Crippen molar-refractivity contribution in [1.29, 1.82) is 0 Å². The lowest BCUT2D eigenvalue weighted by atomic mass is 10.2. The fraction of sp³-hybridized carbons (Fsp3) is 0.471. The molecule has 6 nitrogen and oxygen atoms in total. The standard InChI is InChI=1S/C17H20N4O2/c22-17(15-4-3-9-23-15)20-12-5-6-13-14(10-12)18-11-19-16(13)21-7-1-2-8-21/h5-6,10-11,15H,1-4,7-9H2,(H,20,22)/t15-/m1/s1. The van der Waals surface area contributed by atoms with Gasteiger partial charge in [0.2, 0.25) is 0 Å². The Labute approximate surface area is 134 Å². The largest absolute Gasteiger partial charge is 0.368 e. The van der Waals surface area contributed by atoms with E-state index in [1.807, 2.05) is 18.2 Å². The summed E-state index contributed by atoms with van der Waals surface area (Å²) in [5.74, 6) is 0.917. The summed E-state index contributed by atoms with van der Waals surface area (Å²) < 4.78 is 5.42. The Balaban J connectivity index is 1.59. The number of benzene rings is 1. The number of hydrogen-bond acceptors (Lipinski definition) is 5. The molecule has 2 saturated heterocycles. The zero-order chi connectivity index (χ0) is 15.6. The molecule has 2 aliphatic heterocycles. The van der Waals surface area contributed by atoms with Crippen LogP contribution in [-0.2, 0) is 9.53 Å². The number of aromatic nitrogens is 2. The summed E-state index contributed by atoms with van der Waals surface area (Å²) in [4.78, 5) is 23.3. The van der Waals surface area contributed by atoms with Crippen LogP contribution in [0.15, 0.2) is 24.5 Å². The van der Waals surface area contributed by atoms with Gasteiger partial charge in [-0.25, -0.2) is 9.97 Å². The van der Waals surface area contributed by atoms with E-state index in [0.29, 0.717) is 6.61 Å². The van der Waals surface area contributed by atoms with Crippen molar-refractivity contribution in [2.24, 2.45) is 0 Å². The number of nitrogens with one attached hydrogen (secondary N) is 1. The average molecular weight is 312 g/mol. The molecule has 1 amide bonds. The Bertz CT molecular complexity index is 722. The zero-order valence-electron chi connectivity index (χ0n) is 13.0. The van der Waals surface area contributed by atoms with Crippen molar-refractivity contribution in [1.82, 2.24) is 9.97 Å². The predicted molar refractivity (Wildman–Crippen MR) is 88.6 cm³/mol. The maximum Gasteiger partial charge on any atom is 0.253 e. The van der Waals surface area contributed by atoms with E-state index in [2.05, 4.69) is 20.2 Å². The Kier molecular flexibility index (Phi) is 3.83. The molecule has 0 bridgehead atoms. The van der Waals surface area contributed by atoms with E-state index in [-0.39, 0.29) is 12.0 Å². The van der Waals surface area contributed by atoms with E-state index < -0.39 is 0 Å². The molecule has 6 heteroatoms. The lowest BCUT2D eigenvalue weighted by Crippen LogP contribution is -2.26. The lowest BCUT2D eigenvalue weighted by molar-refractivity contribution is -0.124. The van der Waals surface area contributed by atoms with Gasteiger partial charge in [0, 0.05) is 30.8 Å². The van der Waals surface area contributed by atoms with E-state index in [0.717, 1.165) is 48.3 Å². The minimum absolute atomic E-state index is 0.0735. The molecule has 0 aliphatic carbocycles. The summed E-state index contributed by atoms with van der Waals surface area (Å²) >= 11 is 0. The second-order valence-electron chi connectivity index (χ2n) is 6.11. The normalized spacial score (nSPS) is 21.0. The maximum atomic E-state index is 12.1. The van der Waals surface area contributed by atoms with Crippen molar-refractivity contribution in [2.75, 3.05) is 29.9 Å². The van der Waals surface area contributed by atoms with Crippen LogP contribution in [0.4, 0.5) is 11.5 Å². The Morgan fingerprint density at radius 2 is 2.09 bits per heavy atom. The maximum absolute atomic E-state index is 12.1. The molecule has 0 radical (unpaired) electrons. The minimum Gasteiger partial charge on any atom is -0.368 e. The average Bonchev–Trinajstić information content (AvgIpc) is 3.27. The topological polar surface area (TPSA) is 67.4 Å². The number of amides is 1. The first-order valence-corrected chi connectivity index (χ1v) is 8.23. The van der Waals surface area contributed by atoms with E-state index in [9.17, 15) is 4.79 Å². The third-order valence-corrected chi connectivity index (χ3v) is 4.51. The minimum atomic E-state index is -0.323. The van der Waals surface area contributed by atoms with Gasteiger partial charge in [-0.2, -0.15) is 0 Å². The molecule has 1 atom stereocenters. The monoisotopic (exact) mass is 312 g/mol. The van der Waals surface area contributed by atoms with Gasteiger partial charge in [-0.05, 0) is 43.9 Å². The fourth-order valence-corrected chi connectivity index (χ4v) is 3.31. The summed E-state index contributed by atoms with van der Waals surface area (Å²) in [5, 5.41) is 3.96. The van der Waals surface area contributed by atoms with Gasteiger partial charge in [-0.3, -0.25) is 4.79 Å². The van der Waals surface area contributed by atoms with Crippen LogP contribution in [0.2, 0.25) is 0 Å². The van der Waals surface area contributed by atoms with Crippen molar-refractivity contribution in [2.45, 2.75) is 31.8 Å². The van der Waals surface area contributed by atoms with Crippen LogP contribution < -0.4 is 10.2 Å². The first kappa shape index (κ1) is 14.4. The molecule has 1 N–H and O–H groups in total. The molecule has 120 valence electrons. The third kappa shape index (κ3) is 2.86. The Morgan fingerprint density at radius 1 is 1.22 bits per heavy atom. The lowest BCUT2D eigenvalue weighted by Gasteiger charge is -2.18. The first-order valence-electron chi connectivity index (χ1n) is 8.23. The van der Waals surface area contributed by atoms with Gasteiger partial charge < -0.3 is 15.0 Å². The molecule has 1 aromatic heterocycles. The number of fused-ring (bicyclic) bond motifs is 1. The van der Waals surface area contributed by atoms with E-state index >= 15 is 0 Å². The van der Waals surface area contributed by atoms with Crippen molar-refractivity contribution < 1.29 is 9.53 Å². The van der Waals surface area contributed by atoms with Crippen molar-refractivity contribution in [3.05, 3.63) is 24.5 Å². The predicted octanol–water partition coefficient (Wildman–Crippen LogP) is 2.35. The van der Waals surface area contributed by atoms with Crippen LogP contribution in [-0.4, -0.2) is 41.7 Å². The second-order valence-corrected chi connectivity index (χ2v) is 6.11. The first-order chi connectivity index (χ1) is 11.3. The van der Waals surface area contributed by atoms with Gasteiger partial charge in [0.1, 0.15) is 18.2 Å². The molecule has 4 rings (SSSR count). The summed E-state index contributed by atoms with van der Waals surface area (Å²) in [6.07, 6.45) is 5.43. The van der Waals surface area contributed by atoms with E-state index in [4.69, 9.17) is 4.74 Å². The van der Waals surface area contributed by atoms with Crippen molar-refractivity contribution >= 4 is 28.3 Å². The highest BCUT2D eigenvalue weighted by Gasteiger charge is 2.23. The van der Waals surface area contributed by atoms with Gasteiger partial charge in [-0.1, -0.05) is 0 Å². The fourth-order valence-electron chi connectivity index (χ4n) is 3.31. The molecule has 1 aromatic carbocycles. The van der Waals surface area contributed by atoms with Gasteiger partial charge in [0.15, 0.2) is 0 Å². The van der Waals surface area contributed by atoms with E-state index in [1.54, 1.807) is 6.33 Å². The number of carbonyl (C=O) groups is 1. The van der Waals surface area contributed by atoms with Crippen LogP contribution in [0.25, 0.3) is 10.9 Å². The molecule has 0 saturated carbocycles. The van der Waals surface area contributed by atoms with Crippen molar-refractivity contribution in [3.8, 4) is 0 Å². The number of hydrogen-bond donors (Lipinski definition) is 1. The van der Waals surface area contributed by atoms with Crippen LogP contribution in [0.5, 0.6) is 0 Å². The highest BCUT2D eigenvalue weighted by Crippen LogP contribution is 2.28. The quantitative estimate of drug-likeness (QED) is 0.942. The highest BCUT2D eigenvalue weighted by atomic mass is 16.5. The Hall–Kier alpha value is -2.21. The smallest absolute Gasteiger partial charge is 0.253 e. The number of nitrogens with zero attached hydrogens (tertiary/aromatic N) is 3. The number of rotatable bonds is 3. The molecule has 0 spiro atoms. The molecule has 2 aliphatic rings. The SMILES string of the molecule is O=C(Nc1ccc2c(N3CCCC3)ncnc2c1)[C@H]1CCCO1. The van der Waals surface area contributed by atoms with Crippen LogP contribution in [0.3, 0.4) is 0 Å². The summed E-state index contributed by atoms with van der Waals surface area (Å²) in [6, 6.07) is 5.82. The zero-order valence-corrected chi connectivity index (χ0v) is 13.0. The Morgan fingerprint density at radius 3 is 2.87 bits per heavy atom. The molecule has 2 aromatic rings. The third-order valence-electron chi connectivity index (χ3n) is 4.51. The number of carbonyl (C=O) groups excluding carboxylic acids is 1. The van der Waals surface area contributed by atoms with Crippen molar-refractivity contribution in [3.63, 3.8) is 0 Å². The molecular formula is C17H20N4O2. The van der Waals surface area contributed by atoms with E-state index in [1.165, 1.54) is 12.8 Å². The summed E-state index contributed by atoms with van der Waals surface area (Å²) in [5.41, 5.74) is 1.61. The van der Waals surface area contributed by atoms with Crippen LogP contribution >= 0.6 is 0 Å².